The second-order valence-corrected chi connectivity index (χ2v) is 6.33. The number of rotatable bonds is 3. The fraction of sp³-hybridized carbons (Fsp3) is 0.733. The third-order valence-corrected chi connectivity index (χ3v) is 4.35. The van der Waals surface area contributed by atoms with E-state index in [9.17, 15) is 4.79 Å². The van der Waals surface area contributed by atoms with E-state index in [4.69, 9.17) is 0 Å². The van der Waals surface area contributed by atoms with Crippen LogP contribution in [0.25, 0.3) is 0 Å². The fourth-order valence-electron chi connectivity index (χ4n) is 3.22. The van der Waals surface area contributed by atoms with Gasteiger partial charge in [0.05, 0.1) is 5.69 Å². The van der Waals surface area contributed by atoms with Crippen LogP contribution in [0.2, 0.25) is 0 Å². The quantitative estimate of drug-likeness (QED) is 0.824. The number of hydrogen-bond acceptors (Lipinski definition) is 2. The predicted octanol–water partition coefficient (Wildman–Crippen LogP) is 3.06. The molecular weight excluding hydrogens is 224 g/mol. The summed E-state index contributed by atoms with van der Waals surface area (Å²) in [4.78, 5) is 12.5. The van der Waals surface area contributed by atoms with Gasteiger partial charge in [0.15, 0.2) is 0 Å². The molecule has 1 saturated carbocycles. The minimum absolute atomic E-state index is 0.170. The number of nitrogens with zero attached hydrogens (tertiary/aromatic N) is 2. The van der Waals surface area contributed by atoms with Crippen LogP contribution in [0.4, 0.5) is 0 Å². The van der Waals surface area contributed by atoms with Gasteiger partial charge in [-0.15, -0.1) is 0 Å². The molecule has 1 heterocycles. The van der Waals surface area contributed by atoms with Gasteiger partial charge in [0.2, 0.25) is 0 Å². The van der Waals surface area contributed by atoms with Crippen molar-refractivity contribution in [3.05, 3.63) is 17.5 Å². The molecular formula is C15H24N2O. The van der Waals surface area contributed by atoms with Crippen LogP contribution in [0.3, 0.4) is 0 Å². The fourth-order valence-corrected chi connectivity index (χ4v) is 3.22. The van der Waals surface area contributed by atoms with Crippen molar-refractivity contribution in [2.45, 2.75) is 52.9 Å². The molecule has 0 amide bonds. The van der Waals surface area contributed by atoms with Crippen LogP contribution in [0.15, 0.2) is 6.07 Å². The van der Waals surface area contributed by atoms with Gasteiger partial charge >= 0.3 is 0 Å². The first-order chi connectivity index (χ1) is 8.40. The number of Topliss-reactive ketones (excluding diaryl/α,β-unsaturated/α-hetero) is 1. The SMILES string of the molecule is Cc1cc(CC(=O)C2CCCCC2(C)C)n(C)n1. The summed E-state index contributed by atoms with van der Waals surface area (Å²) in [7, 11) is 1.92. The van der Waals surface area contributed by atoms with E-state index in [1.807, 2.05) is 24.7 Å². The summed E-state index contributed by atoms with van der Waals surface area (Å²) in [6, 6.07) is 2.02. The van der Waals surface area contributed by atoms with Crippen molar-refractivity contribution in [3.8, 4) is 0 Å². The Balaban J connectivity index is 2.10. The number of carbonyl (C=O) groups excluding carboxylic acids is 1. The summed E-state index contributed by atoms with van der Waals surface area (Å²) >= 11 is 0. The standard InChI is InChI=1S/C15H24N2O/c1-11-9-12(17(4)16-11)10-14(18)13-7-5-6-8-15(13,2)3/h9,13H,5-8,10H2,1-4H3. The third-order valence-electron chi connectivity index (χ3n) is 4.35. The van der Waals surface area contributed by atoms with E-state index in [0.717, 1.165) is 17.8 Å². The molecule has 1 aromatic heterocycles. The first-order valence-electron chi connectivity index (χ1n) is 6.92. The lowest BCUT2D eigenvalue weighted by Crippen LogP contribution is -2.35. The molecule has 18 heavy (non-hydrogen) atoms. The Morgan fingerprint density at radius 2 is 2.22 bits per heavy atom. The molecule has 0 spiro atoms. The Bertz CT molecular complexity index is 445. The van der Waals surface area contributed by atoms with Crippen LogP contribution < -0.4 is 0 Å². The lowest BCUT2D eigenvalue weighted by atomic mass is 9.66. The molecule has 0 aliphatic heterocycles. The van der Waals surface area contributed by atoms with Crippen molar-refractivity contribution < 1.29 is 4.79 Å². The Morgan fingerprint density at radius 1 is 1.50 bits per heavy atom. The van der Waals surface area contributed by atoms with Crippen molar-refractivity contribution in [2.24, 2.45) is 18.4 Å². The van der Waals surface area contributed by atoms with Crippen LogP contribution >= 0.6 is 0 Å². The first kappa shape index (κ1) is 13.3. The van der Waals surface area contributed by atoms with Crippen LogP contribution in [0, 0.1) is 18.3 Å². The maximum atomic E-state index is 12.5. The van der Waals surface area contributed by atoms with E-state index in [1.54, 1.807) is 0 Å². The van der Waals surface area contributed by atoms with Crippen molar-refractivity contribution in [2.75, 3.05) is 0 Å². The highest BCUT2D eigenvalue weighted by Crippen LogP contribution is 2.41. The van der Waals surface area contributed by atoms with Gasteiger partial charge in [-0.3, -0.25) is 9.48 Å². The molecule has 1 unspecified atom stereocenters. The van der Waals surface area contributed by atoms with Crippen molar-refractivity contribution in [1.82, 2.24) is 9.78 Å². The summed E-state index contributed by atoms with van der Waals surface area (Å²) < 4.78 is 1.84. The molecule has 0 saturated heterocycles. The maximum Gasteiger partial charge on any atom is 0.142 e. The zero-order valence-corrected chi connectivity index (χ0v) is 12.0. The molecule has 1 aliphatic rings. The second-order valence-electron chi connectivity index (χ2n) is 6.33. The monoisotopic (exact) mass is 248 g/mol. The topological polar surface area (TPSA) is 34.9 Å². The molecule has 0 radical (unpaired) electrons. The highest BCUT2D eigenvalue weighted by Gasteiger charge is 2.36. The van der Waals surface area contributed by atoms with Gasteiger partial charge < -0.3 is 0 Å². The van der Waals surface area contributed by atoms with Crippen LogP contribution in [-0.2, 0) is 18.3 Å². The lowest BCUT2D eigenvalue weighted by molar-refractivity contribution is -0.127. The van der Waals surface area contributed by atoms with E-state index < -0.39 is 0 Å². The minimum atomic E-state index is 0.170. The van der Waals surface area contributed by atoms with Crippen LogP contribution in [-0.4, -0.2) is 15.6 Å². The molecule has 1 atom stereocenters. The zero-order valence-electron chi connectivity index (χ0n) is 12.0. The largest absolute Gasteiger partial charge is 0.299 e. The maximum absolute atomic E-state index is 12.5. The van der Waals surface area contributed by atoms with Gasteiger partial charge in [-0.2, -0.15) is 5.10 Å². The number of aromatic nitrogens is 2. The molecule has 1 aromatic rings. The third kappa shape index (κ3) is 2.65. The Hall–Kier alpha value is -1.12. The average Bonchev–Trinajstić information content (AvgIpc) is 2.56. The highest BCUT2D eigenvalue weighted by atomic mass is 16.1. The average molecular weight is 248 g/mol. The number of ketones is 1. The van der Waals surface area contributed by atoms with E-state index in [0.29, 0.717) is 12.2 Å². The van der Waals surface area contributed by atoms with Gasteiger partial charge in [0.25, 0.3) is 0 Å². The number of aryl methyl sites for hydroxylation is 2. The second kappa shape index (κ2) is 4.87. The van der Waals surface area contributed by atoms with Gasteiger partial charge in [0, 0.05) is 25.1 Å². The summed E-state index contributed by atoms with van der Waals surface area (Å²) in [5.74, 6) is 0.615. The first-order valence-corrected chi connectivity index (χ1v) is 6.92. The summed E-state index contributed by atoms with van der Waals surface area (Å²) in [6.07, 6.45) is 5.23. The Labute approximate surface area is 110 Å². The van der Waals surface area contributed by atoms with Gasteiger partial charge in [-0.1, -0.05) is 26.7 Å². The molecule has 3 heteroatoms. The minimum Gasteiger partial charge on any atom is -0.299 e. The van der Waals surface area contributed by atoms with Crippen LogP contribution in [0.5, 0.6) is 0 Å². The molecule has 100 valence electrons. The normalized spacial score (nSPS) is 23.0. The molecule has 0 aromatic carbocycles. The Morgan fingerprint density at radius 3 is 2.78 bits per heavy atom. The number of carbonyl (C=O) groups is 1. The van der Waals surface area contributed by atoms with Gasteiger partial charge in [-0.05, 0) is 31.2 Å². The lowest BCUT2D eigenvalue weighted by Gasteiger charge is -2.37. The van der Waals surface area contributed by atoms with Gasteiger partial charge in [0.1, 0.15) is 5.78 Å². The smallest absolute Gasteiger partial charge is 0.142 e. The predicted molar refractivity (Wildman–Crippen MR) is 72.4 cm³/mol. The summed E-state index contributed by atoms with van der Waals surface area (Å²) in [6.45, 7) is 6.45. The van der Waals surface area contributed by atoms with Crippen LogP contribution in [0.1, 0.15) is 50.9 Å². The molecule has 0 N–H and O–H groups in total. The van der Waals surface area contributed by atoms with E-state index in [1.165, 1.54) is 19.3 Å². The summed E-state index contributed by atoms with van der Waals surface area (Å²) in [5, 5.41) is 4.31. The zero-order chi connectivity index (χ0) is 13.3. The Kier molecular flexibility index (Phi) is 3.60. The molecule has 0 bridgehead atoms. The van der Waals surface area contributed by atoms with E-state index in [-0.39, 0.29) is 11.3 Å². The van der Waals surface area contributed by atoms with Crippen molar-refractivity contribution in [3.63, 3.8) is 0 Å². The van der Waals surface area contributed by atoms with E-state index >= 15 is 0 Å². The molecule has 1 aliphatic carbocycles. The molecule has 3 nitrogen and oxygen atoms in total. The molecule has 1 fully saturated rings. The van der Waals surface area contributed by atoms with Crippen molar-refractivity contribution in [1.29, 1.82) is 0 Å². The highest BCUT2D eigenvalue weighted by molar-refractivity contribution is 5.83. The van der Waals surface area contributed by atoms with Gasteiger partial charge in [-0.25, -0.2) is 0 Å². The number of hydrogen-bond donors (Lipinski definition) is 0. The van der Waals surface area contributed by atoms with E-state index in [2.05, 4.69) is 18.9 Å². The molecule has 2 rings (SSSR count). The summed E-state index contributed by atoms with van der Waals surface area (Å²) in [5.41, 5.74) is 2.20. The van der Waals surface area contributed by atoms with Crippen molar-refractivity contribution >= 4 is 5.78 Å².